The molecule has 1 fully saturated rings. The molecule has 0 bridgehead atoms. The fourth-order valence-electron chi connectivity index (χ4n) is 3.03. The van der Waals surface area contributed by atoms with Crippen LogP contribution in [0, 0.1) is 5.41 Å². The molecule has 0 unspecified atom stereocenters. The van der Waals surface area contributed by atoms with Crippen LogP contribution in [-0.4, -0.2) is 64.2 Å². The highest BCUT2D eigenvalue weighted by Crippen LogP contribution is 2.28. The van der Waals surface area contributed by atoms with E-state index in [1.54, 1.807) is 45.5 Å². The molecular formula is C18H27N3O3. The second-order valence-corrected chi connectivity index (χ2v) is 6.64. The minimum Gasteiger partial charge on any atom is -0.384 e. The summed E-state index contributed by atoms with van der Waals surface area (Å²) in [5.74, 6) is -0.191. The van der Waals surface area contributed by atoms with Crippen molar-refractivity contribution in [2.75, 3.05) is 47.4 Å². The predicted molar refractivity (Wildman–Crippen MR) is 93.2 cm³/mol. The van der Waals surface area contributed by atoms with Crippen LogP contribution in [0.5, 0.6) is 0 Å². The Bertz CT molecular complexity index is 558. The number of hydrogen-bond donors (Lipinski definition) is 2. The first kappa shape index (κ1) is 18.4. The van der Waals surface area contributed by atoms with Gasteiger partial charge in [0.2, 0.25) is 0 Å². The molecule has 1 aromatic carbocycles. The summed E-state index contributed by atoms with van der Waals surface area (Å²) in [7, 11) is 5.11. The number of amides is 2. The van der Waals surface area contributed by atoms with E-state index in [4.69, 9.17) is 4.74 Å². The summed E-state index contributed by atoms with van der Waals surface area (Å²) in [6.07, 6.45) is 1.97. The quantitative estimate of drug-likeness (QED) is 0.819. The highest BCUT2D eigenvalue weighted by molar-refractivity contribution is 5.97. The molecule has 2 amide bonds. The molecule has 24 heavy (non-hydrogen) atoms. The molecule has 6 heteroatoms. The van der Waals surface area contributed by atoms with Crippen molar-refractivity contribution in [3.63, 3.8) is 0 Å². The molecule has 0 atom stereocenters. The van der Waals surface area contributed by atoms with E-state index in [1.165, 1.54) is 4.90 Å². The summed E-state index contributed by atoms with van der Waals surface area (Å²) in [6.45, 7) is 3.13. The van der Waals surface area contributed by atoms with Gasteiger partial charge < -0.3 is 20.3 Å². The minimum absolute atomic E-state index is 0.00348. The van der Waals surface area contributed by atoms with Gasteiger partial charge in [-0.3, -0.25) is 9.59 Å². The van der Waals surface area contributed by atoms with Crippen LogP contribution in [0.3, 0.4) is 0 Å². The summed E-state index contributed by atoms with van der Waals surface area (Å²) in [5.41, 5.74) is 1.13. The van der Waals surface area contributed by atoms with Crippen molar-refractivity contribution in [3.8, 4) is 0 Å². The van der Waals surface area contributed by atoms with Crippen LogP contribution in [-0.2, 0) is 4.74 Å². The zero-order chi connectivity index (χ0) is 17.6. The van der Waals surface area contributed by atoms with Crippen LogP contribution in [0.25, 0.3) is 0 Å². The first-order chi connectivity index (χ1) is 11.5. The van der Waals surface area contributed by atoms with E-state index in [0.717, 1.165) is 25.9 Å². The fourth-order valence-corrected chi connectivity index (χ4v) is 3.03. The second kappa shape index (κ2) is 8.26. The van der Waals surface area contributed by atoms with Crippen molar-refractivity contribution < 1.29 is 14.3 Å². The number of ether oxygens (including phenoxy) is 1. The van der Waals surface area contributed by atoms with Gasteiger partial charge in [0, 0.05) is 44.3 Å². The van der Waals surface area contributed by atoms with Gasteiger partial charge in [-0.1, -0.05) is 0 Å². The smallest absolute Gasteiger partial charge is 0.253 e. The molecule has 1 saturated heterocycles. The van der Waals surface area contributed by atoms with Crippen molar-refractivity contribution >= 4 is 11.8 Å². The van der Waals surface area contributed by atoms with Gasteiger partial charge in [0.15, 0.2) is 0 Å². The number of hydrogen-bond acceptors (Lipinski definition) is 4. The minimum atomic E-state index is -0.118. The van der Waals surface area contributed by atoms with Gasteiger partial charge in [0.25, 0.3) is 11.8 Å². The maximum atomic E-state index is 12.4. The van der Waals surface area contributed by atoms with E-state index in [9.17, 15) is 9.59 Å². The molecule has 1 heterocycles. The molecular weight excluding hydrogens is 306 g/mol. The van der Waals surface area contributed by atoms with Gasteiger partial charge in [-0.05, 0) is 50.2 Å². The molecule has 1 aliphatic heterocycles. The van der Waals surface area contributed by atoms with Gasteiger partial charge in [0.1, 0.15) is 0 Å². The van der Waals surface area contributed by atoms with E-state index in [2.05, 4.69) is 10.6 Å². The third-order valence-electron chi connectivity index (χ3n) is 4.54. The van der Waals surface area contributed by atoms with E-state index < -0.39 is 0 Å². The third-order valence-corrected chi connectivity index (χ3v) is 4.54. The number of carbonyl (C=O) groups is 2. The molecule has 0 aromatic heterocycles. The van der Waals surface area contributed by atoms with Crippen LogP contribution < -0.4 is 10.6 Å². The van der Waals surface area contributed by atoms with E-state index in [1.807, 2.05) is 0 Å². The summed E-state index contributed by atoms with van der Waals surface area (Å²) in [4.78, 5) is 25.8. The lowest BCUT2D eigenvalue weighted by atomic mass is 9.79. The van der Waals surface area contributed by atoms with Crippen LogP contribution in [0.1, 0.15) is 33.6 Å². The van der Waals surface area contributed by atoms with Crippen molar-refractivity contribution in [2.24, 2.45) is 5.41 Å². The van der Waals surface area contributed by atoms with Gasteiger partial charge in [-0.25, -0.2) is 0 Å². The van der Waals surface area contributed by atoms with Crippen molar-refractivity contribution in [1.82, 2.24) is 15.5 Å². The number of piperidine rings is 1. The number of nitrogens with zero attached hydrogens (tertiary/aromatic N) is 1. The molecule has 6 nitrogen and oxygen atoms in total. The maximum absolute atomic E-state index is 12.4. The second-order valence-electron chi connectivity index (χ2n) is 6.64. The zero-order valence-corrected chi connectivity index (χ0v) is 14.7. The lowest BCUT2D eigenvalue weighted by Gasteiger charge is -2.37. The fraction of sp³-hybridized carbons (Fsp3) is 0.556. The number of nitrogens with one attached hydrogen (secondary N) is 2. The Kier molecular flexibility index (Phi) is 6.34. The average molecular weight is 333 g/mol. The summed E-state index contributed by atoms with van der Waals surface area (Å²) in [6, 6.07) is 6.76. The van der Waals surface area contributed by atoms with E-state index in [-0.39, 0.29) is 17.2 Å². The SMILES string of the molecule is COCC1(CNC(=O)c2ccc(C(=O)N(C)C)cc2)CCNCC1. The molecule has 0 spiro atoms. The van der Waals surface area contributed by atoms with Gasteiger partial charge >= 0.3 is 0 Å². The number of benzene rings is 1. The molecule has 1 aliphatic rings. The van der Waals surface area contributed by atoms with Crippen LogP contribution in [0.15, 0.2) is 24.3 Å². The van der Waals surface area contributed by atoms with Gasteiger partial charge in [0.05, 0.1) is 6.61 Å². The van der Waals surface area contributed by atoms with E-state index >= 15 is 0 Å². The molecule has 1 aromatic rings. The average Bonchev–Trinajstić information content (AvgIpc) is 2.60. The monoisotopic (exact) mass is 333 g/mol. The van der Waals surface area contributed by atoms with Crippen molar-refractivity contribution in [1.29, 1.82) is 0 Å². The van der Waals surface area contributed by atoms with Gasteiger partial charge in [-0.15, -0.1) is 0 Å². The lowest BCUT2D eigenvalue weighted by molar-refractivity contribution is 0.0511. The molecule has 0 saturated carbocycles. The van der Waals surface area contributed by atoms with Gasteiger partial charge in [-0.2, -0.15) is 0 Å². The summed E-state index contributed by atoms with van der Waals surface area (Å²) < 4.78 is 5.37. The number of rotatable bonds is 6. The molecule has 0 aliphatic carbocycles. The molecule has 132 valence electrons. The number of methoxy groups -OCH3 is 1. The Balaban J connectivity index is 1.97. The Morgan fingerprint density at radius 3 is 2.29 bits per heavy atom. The van der Waals surface area contributed by atoms with Crippen molar-refractivity contribution in [2.45, 2.75) is 12.8 Å². The highest BCUT2D eigenvalue weighted by Gasteiger charge is 2.32. The van der Waals surface area contributed by atoms with E-state index in [0.29, 0.717) is 24.3 Å². The van der Waals surface area contributed by atoms with Crippen molar-refractivity contribution in [3.05, 3.63) is 35.4 Å². The summed E-state index contributed by atoms with van der Waals surface area (Å²) >= 11 is 0. The Hall–Kier alpha value is -1.92. The maximum Gasteiger partial charge on any atom is 0.253 e. The highest BCUT2D eigenvalue weighted by atomic mass is 16.5. The lowest BCUT2D eigenvalue weighted by Crippen LogP contribution is -2.47. The van der Waals surface area contributed by atoms with Crippen LogP contribution in [0.4, 0.5) is 0 Å². The van der Waals surface area contributed by atoms with Crippen LogP contribution >= 0.6 is 0 Å². The topological polar surface area (TPSA) is 70.7 Å². The Morgan fingerprint density at radius 2 is 1.75 bits per heavy atom. The Morgan fingerprint density at radius 1 is 1.17 bits per heavy atom. The first-order valence-corrected chi connectivity index (χ1v) is 8.27. The van der Waals surface area contributed by atoms with Crippen LogP contribution in [0.2, 0.25) is 0 Å². The third kappa shape index (κ3) is 4.55. The normalized spacial score (nSPS) is 16.5. The predicted octanol–water partition coefficient (Wildman–Crippen LogP) is 1.13. The molecule has 2 rings (SSSR count). The first-order valence-electron chi connectivity index (χ1n) is 8.27. The standard InChI is InChI=1S/C18H27N3O3/c1-21(2)17(23)15-6-4-14(5-7-15)16(22)20-12-18(13-24-3)8-10-19-11-9-18/h4-7,19H,8-13H2,1-3H3,(H,20,22). The Labute approximate surface area is 143 Å². The molecule has 0 radical (unpaired) electrons. The summed E-state index contributed by atoms with van der Waals surface area (Å²) in [5, 5.41) is 6.36. The largest absolute Gasteiger partial charge is 0.384 e. The zero-order valence-electron chi connectivity index (χ0n) is 14.7. The molecule has 2 N–H and O–H groups in total. The number of carbonyl (C=O) groups excluding carboxylic acids is 2.